The molecular formula is C17H30N2OS. The zero-order valence-corrected chi connectivity index (χ0v) is 14.8. The van der Waals surface area contributed by atoms with Crippen molar-refractivity contribution in [1.82, 2.24) is 10.3 Å². The molecule has 1 aliphatic carbocycles. The van der Waals surface area contributed by atoms with E-state index in [1.807, 2.05) is 0 Å². The quantitative estimate of drug-likeness (QED) is 0.796. The van der Waals surface area contributed by atoms with Gasteiger partial charge in [-0.15, -0.1) is 11.3 Å². The molecule has 1 heterocycles. The van der Waals surface area contributed by atoms with Gasteiger partial charge in [0.15, 0.2) is 0 Å². The van der Waals surface area contributed by atoms with Gasteiger partial charge in [0.2, 0.25) is 0 Å². The van der Waals surface area contributed by atoms with E-state index < -0.39 is 0 Å². The van der Waals surface area contributed by atoms with E-state index in [9.17, 15) is 0 Å². The summed E-state index contributed by atoms with van der Waals surface area (Å²) in [6, 6.07) is 0.328. The maximum Gasteiger partial charge on any atom is 0.125 e. The van der Waals surface area contributed by atoms with Gasteiger partial charge in [0.05, 0.1) is 5.69 Å². The summed E-state index contributed by atoms with van der Waals surface area (Å²) in [4.78, 5) is 4.94. The predicted octanol–water partition coefficient (Wildman–Crippen LogP) is 4.65. The van der Waals surface area contributed by atoms with Crippen LogP contribution < -0.4 is 5.32 Å². The van der Waals surface area contributed by atoms with Gasteiger partial charge in [0, 0.05) is 18.0 Å². The zero-order chi connectivity index (χ0) is 15.3. The van der Waals surface area contributed by atoms with Gasteiger partial charge in [-0.3, -0.25) is 0 Å². The molecule has 3 unspecified atom stereocenters. The summed E-state index contributed by atoms with van der Waals surface area (Å²) in [7, 11) is 0. The van der Waals surface area contributed by atoms with Crippen molar-refractivity contribution in [1.29, 1.82) is 0 Å². The van der Waals surface area contributed by atoms with Gasteiger partial charge in [-0.2, -0.15) is 0 Å². The third kappa shape index (κ3) is 4.05. The molecule has 1 aliphatic rings. The SMILES string of the molecule is CCCNC(C)c1csc(C2(OCC)CCCC(C)C2)n1. The number of aromatic nitrogens is 1. The number of thiazole rings is 1. The van der Waals surface area contributed by atoms with Gasteiger partial charge in [-0.05, 0) is 52.0 Å². The van der Waals surface area contributed by atoms with Gasteiger partial charge in [-0.25, -0.2) is 4.98 Å². The molecule has 0 radical (unpaired) electrons. The second-order valence-electron chi connectivity index (χ2n) is 6.38. The number of rotatable bonds is 7. The van der Waals surface area contributed by atoms with Crippen LogP contribution in [-0.2, 0) is 10.3 Å². The highest BCUT2D eigenvalue weighted by Gasteiger charge is 2.40. The Balaban J connectivity index is 2.16. The van der Waals surface area contributed by atoms with Crippen LogP contribution in [0.1, 0.15) is 76.5 Å². The first-order valence-corrected chi connectivity index (χ1v) is 9.32. The molecule has 21 heavy (non-hydrogen) atoms. The summed E-state index contributed by atoms with van der Waals surface area (Å²) in [5.41, 5.74) is 1.04. The zero-order valence-electron chi connectivity index (χ0n) is 13.9. The van der Waals surface area contributed by atoms with E-state index in [4.69, 9.17) is 9.72 Å². The lowest BCUT2D eigenvalue weighted by atomic mass is 9.79. The highest BCUT2D eigenvalue weighted by Crippen LogP contribution is 2.44. The molecule has 1 fully saturated rings. The van der Waals surface area contributed by atoms with E-state index in [-0.39, 0.29) is 5.60 Å². The molecule has 0 aromatic carbocycles. The molecule has 1 N–H and O–H groups in total. The largest absolute Gasteiger partial charge is 0.368 e. The fourth-order valence-electron chi connectivity index (χ4n) is 3.33. The predicted molar refractivity (Wildman–Crippen MR) is 89.8 cm³/mol. The van der Waals surface area contributed by atoms with Crippen molar-refractivity contribution in [2.75, 3.05) is 13.2 Å². The van der Waals surface area contributed by atoms with E-state index in [2.05, 4.69) is 38.4 Å². The molecule has 3 atom stereocenters. The van der Waals surface area contributed by atoms with Crippen LogP contribution in [0.4, 0.5) is 0 Å². The number of ether oxygens (including phenoxy) is 1. The second-order valence-corrected chi connectivity index (χ2v) is 7.24. The van der Waals surface area contributed by atoms with E-state index in [0.29, 0.717) is 6.04 Å². The Morgan fingerprint density at radius 1 is 1.52 bits per heavy atom. The van der Waals surface area contributed by atoms with Crippen LogP contribution in [-0.4, -0.2) is 18.1 Å². The molecule has 2 rings (SSSR count). The molecule has 120 valence electrons. The molecule has 1 saturated carbocycles. The van der Waals surface area contributed by atoms with Crippen LogP contribution >= 0.6 is 11.3 Å². The fourth-order valence-corrected chi connectivity index (χ4v) is 4.43. The first-order valence-electron chi connectivity index (χ1n) is 8.44. The minimum Gasteiger partial charge on any atom is -0.368 e. The van der Waals surface area contributed by atoms with Crippen LogP contribution in [0.5, 0.6) is 0 Å². The average molecular weight is 311 g/mol. The van der Waals surface area contributed by atoms with Gasteiger partial charge in [-0.1, -0.05) is 20.3 Å². The highest BCUT2D eigenvalue weighted by atomic mass is 32.1. The van der Waals surface area contributed by atoms with Crippen molar-refractivity contribution in [2.45, 2.75) is 71.4 Å². The lowest BCUT2D eigenvalue weighted by molar-refractivity contribution is -0.0821. The molecular weight excluding hydrogens is 280 g/mol. The molecule has 1 aromatic rings. The Hall–Kier alpha value is -0.450. The van der Waals surface area contributed by atoms with Crippen LogP contribution in [0.15, 0.2) is 5.38 Å². The second kappa shape index (κ2) is 7.70. The van der Waals surface area contributed by atoms with Crippen LogP contribution in [0, 0.1) is 5.92 Å². The standard InChI is InChI=1S/C17H30N2OS/c1-5-10-18-14(4)15-12-21-16(19-15)17(20-6-2)9-7-8-13(3)11-17/h12-14,18H,5-11H2,1-4H3. The molecule has 0 aliphatic heterocycles. The Kier molecular flexibility index (Phi) is 6.20. The normalized spacial score (nSPS) is 27.7. The maximum atomic E-state index is 6.23. The number of nitrogens with one attached hydrogen (secondary N) is 1. The Morgan fingerprint density at radius 3 is 3.00 bits per heavy atom. The summed E-state index contributed by atoms with van der Waals surface area (Å²) in [5.74, 6) is 0.730. The summed E-state index contributed by atoms with van der Waals surface area (Å²) in [6.07, 6.45) is 5.96. The fraction of sp³-hybridized carbons (Fsp3) is 0.824. The minimum absolute atomic E-state index is 0.125. The van der Waals surface area contributed by atoms with Crippen LogP contribution in [0.25, 0.3) is 0 Å². The number of hydrogen-bond donors (Lipinski definition) is 1. The topological polar surface area (TPSA) is 34.1 Å². The van der Waals surface area contributed by atoms with E-state index in [1.165, 1.54) is 23.5 Å². The molecule has 0 bridgehead atoms. The van der Waals surface area contributed by atoms with Crippen molar-refractivity contribution in [3.05, 3.63) is 16.1 Å². The summed E-state index contributed by atoms with van der Waals surface area (Å²) in [5, 5.41) is 6.92. The number of hydrogen-bond acceptors (Lipinski definition) is 4. The lowest BCUT2D eigenvalue weighted by Crippen LogP contribution is -2.35. The first-order chi connectivity index (χ1) is 10.1. The maximum absolute atomic E-state index is 6.23. The third-order valence-corrected chi connectivity index (χ3v) is 5.48. The Bertz CT molecular complexity index is 430. The number of nitrogens with zero attached hydrogens (tertiary/aromatic N) is 1. The van der Waals surface area contributed by atoms with Gasteiger partial charge >= 0.3 is 0 Å². The smallest absolute Gasteiger partial charge is 0.125 e. The van der Waals surface area contributed by atoms with Crippen LogP contribution in [0.2, 0.25) is 0 Å². The summed E-state index contributed by atoms with van der Waals surface area (Å²) in [6.45, 7) is 10.6. The molecule has 4 heteroatoms. The average Bonchev–Trinajstić information content (AvgIpc) is 2.95. The highest BCUT2D eigenvalue weighted by molar-refractivity contribution is 7.09. The molecule has 0 spiro atoms. The monoisotopic (exact) mass is 310 g/mol. The van der Waals surface area contributed by atoms with Crippen molar-refractivity contribution < 1.29 is 4.74 Å². The molecule has 0 amide bonds. The molecule has 0 saturated heterocycles. The van der Waals surface area contributed by atoms with Crippen molar-refractivity contribution in [3.8, 4) is 0 Å². The summed E-state index contributed by atoms with van der Waals surface area (Å²) >= 11 is 1.78. The van der Waals surface area contributed by atoms with Gasteiger partial charge < -0.3 is 10.1 Å². The lowest BCUT2D eigenvalue weighted by Gasteiger charge is -2.38. The Labute approximate surface area is 133 Å². The Morgan fingerprint density at radius 2 is 2.33 bits per heavy atom. The molecule has 1 aromatic heterocycles. The van der Waals surface area contributed by atoms with Gasteiger partial charge in [0.25, 0.3) is 0 Å². The minimum atomic E-state index is -0.125. The van der Waals surface area contributed by atoms with E-state index in [0.717, 1.165) is 38.3 Å². The molecule has 3 nitrogen and oxygen atoms in total. The third-order valence-electron chi connectivity index (χ3n) is 4.43. The van der Waals surface area contributed by atoms with Crippen LogP contribution in [0.3, 0.4) is 0 Å². The summed E-state index contributed by atoms with van der Waals surface area (Å²) < 4.78 is 6.23. The van der Waals surface area contributed by atoms with Gasteiger partial charge in [0.1, 0.15) is 10.6 Å². The van der Waals surface area contributed by atoms with E-state index >= 15 is 0 Å². The van der Waals surface area contributed by atoms with Crippen molar-refractivity contribution >= 4 is 11.3 Å². The van der Waals surface area contributed by atoms with Crippen molar-refractivity contribution in [3.63, 3.8) is 0 Å². The van der Waals surface area contributed by atoms with Crippen molar-refractivity contribution in [2.24, 2.45) is 5.92 Å². The van der Waals surface area contributed by atoms with E-state index in [1.54, 1.807) is 11.3 Å². The first kappa shape index (κ1) is 16.9.